The molecule has 5 nitrogen and oxygen atoms in total. The van der Waals surface area contributed by atoms with Crippen molar-refractivity contribution in [1.82, 2.24) is 4.31 Å². The lowest BCUT2D eigenvalue weighted by Crippen LogP contribution is -2.27. The largest absolute Gasteiger partial charge is 0.486 e. The van der Waals surface area contributed by atoms with Crippen LogP contribution in [0.5, 0.6) is 11.5 Å². The van der Waals surface area contributed by atoms with Crippen LogP contribution in [-0.4, -0.2) is 38.7 Å². The molecule has 0 aliphatic carbocycles. The first-order chi connectivity index (χ1) is 8.53. The highest BCUT2D eigenvalue weighted by molar-refractivity contribution is 7.89. The highest BCUT2D eigenvalue weighted by Crippen LogP contribution is 2.31. The first-order valence-electron chi connectivity index (χ1n) is 5.85. The van der Waals surface area contributed by atoms with Crippen LogP contribution in [0, 0.1) is 0 Å². The first-order valence-corrected chi connectivity index (χ1v) is 7.46. The van der Waals surface area contributed by atoms with Gasteiger partial charge in [0.25, 0.3) is 0 Å². The Kier molecular flexibility index (Phi) is 3.77. The Hall–Kier alpha value is -1.27. The Balaban J connectivity index is 2.15. The van der Waals surface area contributed by atoms with Crippen LogP contribution < -0.4 is 9.47 Å². The third-order valence-electron chi connectivity index (χ3n) is 2.85. The molecule has 0 amide bonds. The predicted molar refractivity (Wildman–Crippen MR) is 68.4 cm³/mol. The van der Waals surface area contributed by atoms with Crippen molar-refractivity contribution in [3.63, 3.8) is 0 Å². The standard InChI is InChI=1S/C12H17NO4S/c1-3-18(14,15)13(2)9-10-4-5-11-12(8-10)17-7-6-16-11/h4-5,8H,3,6-7,9H2,1-2H3. The maximum atomic E-state index is 11.7. The topological polar surface area (TPSA) is 55.8 Å². The van der Waals surface area contributed by atoms with Gasteiger partial charge in [-0.15, -0.1) is 0 Å². The van der Waals surface area contributed by atoms with Crippen molar-refractivity contribution >= 4 is 10.0 Å². The van der Waals surface area contributed by atoms with Gasteiger partial charge in [0.2, 0.25) is 10.0 Å². The van der Waals surface area contributed by atoms with Crippen LogP contribution in [0.4, 0.5) is 0 Å². The van der Waals surface area contributed by atoms with E-state index < -0.39 is 10.0 Å². The number of fused-ring (bicyclic) bond motifs is 1. The maximum absolute atomic E-state index is 11.7. The second-order valence-electron chi connectivity index (χ2n) is 4.13. The van der Waals surface area contributed by atoms with Crippen LogP contribution in [0.25, 0.3) is 0 Å². The molecule has 0 unspecified atom stereocenters. The average Bonchev–Trinajstić information content (AvgIpc) is 2.38. The number of benzene rings is 1. The van der Waals surface area contributed by atoms with E-state index in [9.17, 15) is 8.42 Å². The van der Waals surface area contributed by atoms with Crippen LogP contribution in [0.3, 0.4) is 0 Å². The van der Waals surface area contributed by atoms with Crippen LogP contribution in [-0.2, 0) is 16.6 Å². The monoisotopic (exact) mass is 271 g/mol. The smallest absolute Gasteiger partial charge is 0.213 e. The summed E-state index contributed by atoms with van der Waals surface area (Å²) in [4.78, 5) is 0. The fourth-order valence-corrected chi connectivity index (χ4v) is 2.55. The molecule has 0 N–H and O–H groups in total. The number of sulfonamides is 1. The minimum absolute atomic E-state index is 0.105. The van der Waals surface area contributed by atoms with Crippen molar-refractivity contribution in [2.45, 2.75) is 13.5 Å². The Morgan fingerprint density at radius 1 is 1.22 bits per heavy atom. The third-order valence-corrected chi connectivity index (χ3v) is 4.66. The fourth-order valence-electron chi connectivity index (χ4n) is 1.76. The lowest BCUT2D eigenvalue weighted by Gasteiger charge is -2.20. The van der Waals surface area contributed by atoms with Gasteiger partial charge in [0.1, 0.15) is 13.2 Å². The van der Waals surface area contributed by atoms with Crippen molar-refractivity contribution in [1.29, 1.82) is 0 Å². The predicted octanol–water partition coefficient (Wildman–Crippen LogP) is 1.24. The summed E-state index contributed by atoms with van der Waals surface area (Å²) in [5, 5.41) is 0. The number of hydrogen-bond donors (Lipinski definition) is 0. The summed E-state index contributed by atoms with van der Waals surface area (Å²) in [6, 6.07) is 5.50. The number of nitrogens with zero attached hydrogens (tertiary/aromatic N) is 1. The minimum Gasteiger partial charge on any atom is -0.486 e. The Morgan fingerprint density at radius 3 is 2.56 bits per heavy atom. The summed E-state index contributed by atoms with van der Waals surface area (Å²) in [6.07, 6.45) is 0. The molecule has 0 bridgehead atoms. The van der Waals surface area contributed by atoms with Gasteiger partial charge in [0.05, 0.1) is 5.75 Å². The van der Waals surface area contributed by atoms with Gasteiger partial charge in [0, 0.05) is 13.6 Å². The molecule has 100 valence electrons. The zero-order valence-electron chi connectivity index (χ0n) is 10.5. The molecule has 0 radical (unpaired) electrons. The van der Waals surface area contributed by atoms with Crippen molar-refractivity contribution in [3.8, 4) is 11.5 Å². The molecule has 0 saturated carbocycles. The van der Waals surface area contributed by atoms with Crippen LogP contribution in [0.15, 0.2) is 18.2 Å². The van der Waals surface area contributed by atoms with Crippen LogP contribution in [0.2, 0.25) is 0 Å². The van der Waals surface area contributed by atoms with Crippen molar-refractivity contribution in [2.75, 3.05) is 26.0 Å². The lowest BCUT2D eigenvalue weighted by atomic mass is 10.2. The SMILES string of the molecule is CCS(=O)(=O)N(C)Cc1ccc2c(c1)OCCO2. The zero-order chi connectivity index (χ0) is 13.2. The Morgan fingerprint density at radius 2 is 1.89 bits per heavy atom. The second kappa shape index (κ2) is 5.16. The van der Waals surface area contributed by atoms with E-state index in [0.717, 1.165) is 5.56 Å². The second-order valence-corrected chi connectivity index (χ2v) is 6.50. The number of hydrogen-bond acceptors (Lipinski definition) is 4. The highest BCUT2D eigenvalue weighted by Gasteiger charge is 2.17. The van der Waals surface area contributed by atoms with Gasteiger partial charge >= 0.3 is 0 Å². The Bertz CT molecular complexity index is 527. The van der Waals surface area contributed by atoms with E-state index in [1.807, 2.05) is 18.2 Å². The normalized spacial score (nSPS) is 14.8. The molecule has 1 heterocycles. The summed E-state index contributed by atoms with van der Waals surface area (Å²) >= 11 is 0. The van der Waals surface area contributed by atoms with E-state index in [2.05, 4.69) is 0 Å². The molecular weight excluding hydrogens is 254 g/mol. The summed E-state index contributed by atoms with van der Waals surface area (Å²) in [5.74, 6) is 1.50. The van der Waals surface area contributed by atoms with E-state index >= 15 is 0 Å². The van der Waals surface area contributed by atoms with E-state index in [1.54, 1.807) is 14.0 Å². The van der Waals surface area contributed by atoms with Crippen LogP contribution in [0.1, 0.15) is 12.5 Å². The maximum Gasteiger partial charge on any atom is 0.213 e. The molecule has 1 aliphatic rings. The molecular formula is C12H17NO4S. The molecule has 0 fully saturated rings. The molecule has 2 rings (SSSR count). The van der Waals surface area contributed by atoms with Crippen molar-refractivity contribution in [3.05, 3.63) is 23.8 Å². The molecule has 0 atom stereocenters. The van der Waals surface area contributed by atoms with Gasteiger partial charge < -0.3 is 9.47 Å². The zero-order valence-corrected chi connectivity index (χ0v) is 11.4. The number of rotatable bonds is 4. The van der Waals surface area contributed by atoms with E-state index in [-0.39, 0.29) is 5.75 Å². The quantitative estimate of drug-likeness (QED) is 0.826. The molecule has 18 heavy (non-hydrogen) atoms. The minimum atomic E-state index is -3.16. The van der Waals surface area contributed by atoms with Gasteiger partial charge in [0.15, 0.2) is 11.5 Å². The molecule has 0 spiro atoms. The molecule has 1 aromatic carbocycles. The van der Waals surface area contributed by atoms with E-state index in [0.29, 0.717) is 31.3 Å². The van der Waals surface area contributed by atoms with E-state index in [1.165, 1.54) is 4.31 Å². The average molecular weight is 271 g/mol. The van der Waals surface area contributed by atoms with Gasteiger partial charge in [-0.25, -0.2) is 12.7 Å². The summed E-state index contributed by atoms with van der Waals surface area (Å²) in [6.45, 7) is 3.05. The first kappa shape index (κ1) is 13.2. The Labute approximate surface area is 107 Å². The third kappa shape index (κ3) is 2.76. The molecule has 0 saturated heterocycles. The van der Waals surface area contributed by atoms with E-state index in [4.69, 9.17) is 9.47 Å². The van der Waals surface area contributed by atoms with Crippen molar-refractivity contribution < 1.29 is 17.9 Å². The lowest BCUT2D eigenvalue weighted by molar-refractivity contribution is 0.171. The molecule has 0 aromatic heterocycles. The van der Waals surface area contributed by atoms with Crippen LogP contribution >= 0.6 is 0 Å². The number of ether oxygens (including phenoxy) is 2. The molecule has 1 aromatic rings. The summed E-state index contributed by atoms with van der Waals surface area (Å²) in [7, 11) is -1.58. The van der Waals surface area contributed by atoms with Gasteiger partial charge in [-0.1, -0.05) is 6.07 Å². The summed E-state index contributed by atoms with van der Waals surface area (Å²) < 4.78 is 35.6. The fraction of sp³-hybridized carbons (Fsp3) is 0.500. The highest BCUT2D eigenvalue weighted by atomic mass is 32.2. The van der Waals surface area contributed by atoms with Crippen molar-refractivity contribution in [2.24, 2.45) is 0 Å². The molecule has 1 aliphatic heterocycles. The van der Waals surface area contributed by atoms with Gasteiger partial charge in [-0.2, -0.15) is 0 Å². The van der Waals surface area contributed by atoms with Gasteiger partial charge in [-0.05, 0) is 24.6 Å². The summed E-state index contributed by atoms with van der Waals surface area (Å²) in [5.41, 5.74) is 0.888. The van der Waals surface area contributed by atoms with Gasteiger partial charge in [-0.3, -0.25) is 0 Å². The molecule has 6 heteroatoms.